The zero-order valence-corrected chi connectivity index (χ0v) is 14.3. The number of rotatable bonds is 7. The quantitative estimate of drug-likeness (QED) is 0.749. The smallest absolute Gasteiger partial charge is 0.255 e. The Bertz CT molecular complexity index is 706. The Kier molecular flexibility index (Phi) is 5.32. The van der Waals surface area contributed by atoms with E-state index in [1.54, 1.807) is 0 Å². The predicted octanol–water partition coefficient (Wildman–Crippen LogP) is 1.66. The van der Waals surface area contributed by atoms with E-state index in [1.165, 1.54) is 4.31 Å². The number of halogens is 3. The third-order valence-corrected chi connectivity index (χ3v) is 6.66. The fraction of sp³-hybridized carbons (Fsp3) is 0.714. The van der Waals surface area contributed by atoms with Crippen LogP contribution in [0.1, 0.15) is 25.7 Å². The zero-order chi connectivity index (χ0) is 18.0. The van der Waals surface area contributed by atoms with Gasteiger partial charge in [0.15, 0.2) is 11.6 Å². The molecule has 0 unspecified atom stereocenters. The third kappa shape index (κ3) is 4.51. The van der Waals surface area contributed by atoms with Crippen LogP contribution in [-0.2, 0) is 10.0 Å². The normalized spacial score (nSPS) is 20.0. The van der Waals surface area contributed by atoms with Crippen LogP contribution in [0, 0.1) is 5.82 Å². The minimum atomic E-state index is -3.17. The van der Waals surface area contributed by atoms with Crippen LogP contribution in [0.2, 0.25) is 0 Å². The van der Waals surface area contributed by atoms with Crippen LogP contribution in [0.25, 0.3) is 0 Å². The minimum absolute atomic E-state index is 0.0564. The molecule has 0 amide bonds. The van der Waals surface area contributed by atoms with Crippen LogP contribution in [0.5, 0.6) is 0 Å². The Hall–Kier alpha value is -1.62. The van der Waals surface area contributed by atoms with Gasteiger partial charge in [-0.05, 0) is 25.7 Å². The largest absolute Gasteiger partial charge is 0.362 e. The van der Waals surface area contributed by atoms with Gasteiger partial charge in [0, 0.05) is 19.1 Å². The van der Waals surface area contributed by atoms with Crippen LogP contribution < -0.4 is 10.6 Å². The Labute approximate surface area is 144 Å². The highest BCUT2D eigenvalue weighted by Gasteiger charge is 2.41. The second-order valence-corrected chi connectivity index (χ2v) is 8.44. The van der Waals surface area contributed by atoms with Crippen LogP contribution >= 0.6 is 0 Å². The second kappa shape index (κ2) is 7.32. The first-order valence-electron chi connectivity index (χ1n) is 8.16. The van der Waals surface area contributed by atoms with E-state index in [0.717, 1.165) is 19.0 Å². The van der Waals surface area contributed by atoms with Gasteiger partial charge in [0.05, 0.1) is 18.0 Å². The van der Waals surface area contributed by atoms with Crippen molar-refractivity contribution in [2.75, 3.05) is 30.3 Å². The molecule has 1 aliphatic carbocycles. The van der Waals surface area contributed by atoms with E-state index in [0.29, 0.717) is 25.9 Å². The van der Waals surface area contributed by atoms with Crippen molar-refractivity contribution in [1.82, 2.24) is 14.3 Å². The van der Waals surface area contributed by atoms with Crippen LogP contribution in [0.4, 0.5) is 24.9 Å². The first-order chi connectivity index (χ1) is 11.9. The Balaban J connectivity index is 1.56. The van der Waals surface area contributed by atoms with Gasteiger partial charge in [-0.15, -0.1) is 0 Å². The number of anilines is 2. The summed E-state index contributed by atoms with van der Waals surface area (Å²) in [6.45, 7) is 0.118. The molecule has 11 heteroatoms. The van der Waals surface area contributed by atoms with Gasteiger partial charge >= 0.3 is 0 Å². The summed E-state index contributed by atoms with van der Waals surface area (Å²) in [7, 11) is -3.17. The van der Waals surface area contributed by atoms with Crippen molar-refractivity contribution in [3.05, 3.63) is 12.0 Å². The van der Waals surface area contributed by atoms with E-state index < -0.39 is 28.8 Å². The first kappa shape index (κ1) is 18.2. The molecule has 140 valence electrons. The van der Waals surface area contributed by atoms with Crippen molar-refractivity contribution in [3.63, 3.8) is 0 Å². The Morgan fingerprint density at radius 3 is 2.52 bits per heavy atom. The molecular formula is C14H20F3N5O2S. The Morgan fingerprint density at radius 2 is 1.92 bits per heavy atom. The molecule has 2 aliphatic rings. The zero-order valence-electron chi connectivity index (χ0n) is 13.5. The van der Waals surface area contributed by atoms with E-state index >= 15 is 0 Å². The summed E-state index contributed by atoms with van der Waals surface area (Å²) in [6.07, 6.45) is 0.911. The average molecular weight is 379 g/mol. The lowest BCUT2D eigenvalue weighted by Gasteiger charge is -2.31. The van der Waals surface area contributed by atoms with Gasteiger partial charge in [-0.3, -0.25) is 0 Å². The summed E-state index contributed by atoms with van der Waals surface area (Å²) >= 11 is 0. The molecule has 1 aromatic rings. The highest BCUT2D eigenvalue weighted by Crippen LogP contribution is 2.32. The van der Waals surface area contributed by atoms with Crippen molar-refractivity contribution in [2.24, 2.45) is 0 Å². The third-order valence-electron chi connectivity index (χ3n) is 4.26. The van der Waals surface area contributed by atoms with E-state index in [1.807, 2.05) is 0 Å². The number of aromatic nitrogens is 2. The number of alkyl halides is 2. The maximum atomic E-state index is 13.5. The van der Waals surface area contributed by atoms with Crippen molar-refractivity contribution >= 4 is 21.8 Å². The van der Waals surface area contributed by atoms with Crippen LogP contribution in [0.3, 0.4) is 0 Å². The van der Waals surface area contributed by atoms with E-state index in [-0.39, 0.29) is 23.1 Å². The summed E-state index contributed by atoms with van der Waals surface area (Å²) in [5, 5.41) is 5.03. The summed E-state index contributed by atoms with van der Waals surface area (Å²) in [5.41, 5.74) is 0. The molecule has 0 spiro atoms. The molecule has 0 atom stereocenters. The number of hydrogen-bond donors (Lipinski definition) is 2. The van der Waals surface area contributed by atoms with E-state index in [4.69, 9.17) is 0 Å². The fourth-order valence-electron chi connectivity index (χ4n) is 2.75. The lowest BCUT2D eigenvalue weighted by molar-refractivity contribution is 0.163. The molecule has 0 radical (unpaired) electrons. The van der Waals surface area contributed by atoms with Crippen LogP contribution in [-0.4, -0.2) is 60.0 Å². The SMILES string of the molecule is O=S(=O)(C1CC1)N1CCC(Nc2ncc(F)c(NCC(F)F)n2)CC1. The van der Waals surface area contributed by atoms with Gasteiger partial charge in [-0.25, -0.2) is 30.9 Å². The standard InChI is InChI=1S/C14H20F3N5O2S/c15-11-7-19-14(21-13(11)18-8-12(16)17)20-9-3-5-22(6-4-9)25(23,24)10-1-2-10/h7,9-10,12H,1-6,8H2,(H2,18,19,20,21). The summed E-state index contributed by atoms with van der Waals surface area (Å²) in [4.78, 5) is 7.68. The maximum Gasteiger partial charge on any atom is 0.255 e. The number of nitrogens with zero attached hydrogens (tertiary/aromatic N) is 3. The molecule has 1 saturated carbocycles. The number of piperidine rings is 1. The summed E-state index contributed by atoms with van der Waals surface area (Å²) in [6, 6.07) is -0.0564. The minimum Gasteiger partial charge on any atom is -0.362 e. The molecule has 1 aliphatic heterocycles. The lowest BCUT2D eigenvalue weighted by Crippen LogP contribution is -2.43. The van der Waals surface area contributed by atoms with Gasteiger partial charge in [0.25, 0.3) is 6.43 Å². The van der Waals surface area contributed by atoms with Gasteiger partial charge < -0.3 is 10.6 Å². The van der Waals surface area contributed by atoms with Gasteiger partial charge in [-0.2, -0.15) is 4.98 Å². The molecule has 1 saturated heterocycles. The topological polar surface area (TPSA) is 87.2 Å². The van der Waals surface area contributed by atoms with Crippen molar-refractivity contribution in [2.45, 2.75) is 43.4 Å². The number of sulfonamides is 1. The predicted molar refractivity (Wildman–Crippen MR) is 86.6 cm³/mol. The first-order valence-corrected chi connectivity index (χ1v) is 9.66. The number of nitrogens with one attached hydrogen (secondary N) is 2. The van der Waals surface area contributed by atoms with Gasteiger partial charge in [-0.1, -0.05) is 0 Å². The van der Waals surface area contributed by atoms with Gasteiger partial charge in [0.2, 0.25) is 16.0 Å². The molecule has 25 heavy (non-hydrogen) atoms. The number of hydrogen-bond acceptors (Lipinski definition) is 6. The van der Waals surface area contributed by atoms with Crippen molar-refractivity contribution < 1.29 is 21.6 Å². The molecule has 0 bridgehead atoms. The molecule has 1 aromatic heterocycles. The molecular weight excluding hydrogens is 359 g/mol. The molecule has 2 N–H and O–H groups in total. The second-order valence-electron chi connectivity index (χ2n) is 6.22. The molecule has 2 fully saturated rings. The highest BCUT2D eigenvalue weighted by atomic mass is 32.2. The molecule has 3 rings (SSSR count). The van der Waals surface area contributed by atoms with E-state index in [9.17, 15) is 21.6 Å². The molecule has 7 nitrogen and oxygen atoms in total. The van der Waals surface area contributed by atoms with Crippen molar-refractivity contribution in [3.8, 4) is 0 Å². The Morgan fingerprint density at radius 1 is 1.24 bits per heavy atom. The maximum absolute atomic E-state index is 13.5. The highest BCUT2D eigenvalue weighted by molar-refractivity contribution is 7.90. The lowest BCUT2D eigenvalue weighted by atomic mass is 10.1. The fourth-order valence-corrected chi connectivity index (χ4v) is 4.62. The summed E-state index contributed by atoms with van der Waals surface area (Å²) in [5.74, 6) is -0.968. The van der Waals surface area contributed by atoms with Crippen LogP contribution in [0.15, 0.2) is 6.20 Å². The molecule has 0 aromatic carbocycles. The van der Waals surface area contributed by atoms with E-state index in [2.05, 4.69) is 20.6 Å². The monoisotopic (exact) mass is 379 g/mol. The average Bonchev–Trinajstić information content (AvgIpc) is 3.41. The summed E-state index contributed by atoms with van der Waals surface area (Å²) < 4.78 is 63.9. The molecule has 2 heterocycles. The van der Waals surface area contributed by atoms with Crippen molar-refractivity contribution in [1.29, 1.82) is 0 Å². The van der Waals surface area contributed by atoms with Gasteiger partial charge in [0.1, 0.15) is 0 Å².